The molecule has 0 spiro atoms. The van der Waals surface area contributed by atoms with Crippen molar-refractivity contribution < 1.29 is 0 Å². The lowest BCUT2D eigenvalue weighted by atomic mass is 10.1. The summed E-state index contributed by atoms with van der Waals surface area (Å²) in [6, 6.07) is 2.10. The predicted molar refractivity (Wildman–Crippen MR) is 63.3 cm³/mol. The van der Waals surface area contributed by atoms with E-state index in [1.54, 1.807) is 6.20 Å². The lowest BCUT2D eigenvalue weighted by Crippen LogP contribution is -2.21. The molecule has 16 heavy (non-hydrogen) atoms. The van der Waals surface area contributed by atoms with Crippen LogP contribution in [0.5, 0.6) is 0 Å². The van der Waals surface area contributed by atoms with Crippen LogP contribution in [0, 0.1) is 0 Å². The Bertz CT molecular complexity index is 422. The fraction of sp³-hybridized carbons (Fsp3) is 0.500. The first-order valence-electron chi connectivity index (χ1n) is 5.33. The van der Waals surface area contributed by atoms with Gasteiger partial charge in [0.15, 0.2) is 0 Å². The summed E-state index contributed by atoms with van der Waals surface area (Å²) in [5.74, 6) is 0. The molecule has 0 aliphatic rings. The number of rotatable bonds is 5. The Morgan fingerprint density at radius 3 is 3.06 bits per heavy atom. The Morgan fingerprint density at radius 1 is 1.56 bits per heavy atom. The van der Waals surface area contributed by atoms with Crippen molar-refractivity contribution in [2.75, 3.05) is 7.05 Å². The summed E-state index contributed by atoms with van der Waals surface area (Å²) < 4.78 is 10.3. The Hall–Kier alpha value is -1.27. The van der Waals surface area contributed by atoms with Gasteiger partial charge in [0.05, 0.1) is 35.4 Å². The van der Waals surface area contributed by atoms with E-state index in [9.17, 15) is 0 Å². The van der Waals surface area contributed by atoms with Gasteiger partial charge in [-0.05, 0) is 19.5 Å². The van der Waals surface area contributed by atoms with Gasteiger partial charge in [0, 0.05) is 12.7 Å². The van der Waals surface area contributed by atoms with E-state index in [-0.39, 0.29) is 6.04 Å². The van der Waals surface area contributed by atoms with Crippen LogP contribution < -0.4 is 5.32 Å². The molecule has 1 N–H and O–H groups in total. The van der Waals surface area contributed by atoms with Crippen LogP contribution >= 0.6 is 11.7 Å². The third-order valence-electron chi connectivity index (χ3n) is 2.44. The van der Waals surface area contributed by atoms with Gasteiger partial charge in [-0.15, -0.1) is 0 Å². The lowest BCUT2D eigenvalue weighted by molar-refractivity contribution is 0.531. The summed E-state index contributed by atoms with van der Waals surface area (Å²) in [5, 5.41) is 7.57. The number of hydrogen-bond donors (Lipinski definition) is 1. The van der Waals surface area contributed by atoms with Gasteiger partial charge in [-0.1, -0.05) is 6.92 Å². The van der Waals surface area contributed by atoms with Crippen LogP contribution in [0.1, 0.15) is 30.8 Å². The third kappa shape index (κ3) is 2.12. The molecule has 1 unspecified atom stereocenters. The minimum Gasteiger partial charge on any atom is -0.307 e. The van der Waals surface area contributed by atoms with Crippen LogP contribution in [0.4, 0.5) is 0 Å². The van der Waals surface area contributed by atoms with Gasteiger partial charge < -0.3 is 5.32 Å². The minimum absolute atomic E-state index is 0.0767. The van der Waals surface area contributed by atoms with Crippen molar-refractivity contribution in [1.29, 1.82) is 0 Å². The average molecular weight is 237 g/mol. The van der Waals surface area contributed by atoms with Crippen molar-refractivity contribution in [2.24, 2.45) is 0 Å². The van der Waals surface area contributed by atoms with Crippen LogP contribution in [-0.4, -0.2) is 25.6 Å². The normalized spacial score (nSPS) is 12.9. The quantitative estimate of drug-likeness (QED) is 0.855. The average Bonchev–Trinajstić information content (AvgIpc) is 2.92. The summed E-state index contributed by atoms with van der Waals surface area (Å²) in [7, 11) is 1.92. The summed E-state index contributed by atoms with van der Waals surface area (Å²) >= 11 is 1.23. The van der Waals surface area contributed by atoms with E-state index in [4.69, 9.17) is 0 Å². The minimum atomic E-state index is 0.0767. The van der Waals surface area contributed by atoms with Crippen LogP contribution in [0.15, 0.2) is 18.5 Å². The molecule has 86 valence electrons. The Morgan fingerprint density at radius 2 is 2.44 bits per heavy atom. The summed E-state index contributed by atoms with van der Waals surface area (Å²) in [6.45, 7) is 3.07. The van der Waals surface area contributed by atoms with E-state index in [2.05, 4.69) is 26.1 Å². The maximum Gasteiger partial charge on any atom is 0.0973 e. The highest BCUT2D eigenvalue weighted by Gasteiger charge is 2.18. The summed E-state index contributed by atoms with van der Waals surface area (Å²) in [6.07, 6.45) is 4.70. The molecule has 2 aromatic heterocycles. The molecule has 2 heterocycles. The molecule has 0 bridgehead atoms. The second kappa shape index (κ2) is 5.18. The van der Waals surface area contributed by atoms with Crippen molar-refractivity contribution >= 4 is 11.7 Å². The second-order valence-corrected chi connectivity index (χ2v) is 4.09. The van der Waals surface area contributed by atoms with Gasteiger partial charge >= 0.3 is 0 Å². The fourth-order valence-electron chi connectivity index (χ4n) is 1.73. The maximum absolute atomic E-state index is 4.32. The molecule has 0 radical (unpaired) electrons. The molecule has 0 aromatic carbocycles. The van der Waals surface area contributed by atoms with E-state index in [0.29, 0.717) is 0 Å². The molecule has 0 aliphatic heterocycles. The number of aryl methyl sites for hydroxylation is 1. The van der Waals surface area contributed by atoms with Crippen molar-refractivity contribution in [1.82, 2.24) is 23.8 Å². The zero-order valence-electron chi connectivity index (χ0n) is 9.42. The number of nitrogens with one attached hydrogen (secondary N) is 1. The molecule has 2 rings (SSSR count). The first-order chi connectivity index (χ1) is 7.86. The molecule has 0 saturated heterocycles. The molecule has 6 heteroatoms. The third-order valence-corrected chi connectivity index (χ3v) is 2.94. The molecule has 0 amide bonds. The van der Waals surface area contributed by atoms with Gasteiger partial charge in [-0.3, -0.25) is 4.68 Å². The Balaban J connectivity index is 2.30. The van der Waals surface area contributed by atoms with Crippen molar-refractivity contribution in [3.05, 3.63) is 29.8 Å². The standard InChI is InChI=1S/C10H15N5S/c1-3-6-15-9(4-5-12-15)10(11-2)8-7-13-16-14-8/h4-5,7,10-11H,3,6H2,1-2H3. The van der Waals surface area contributed by atoms with Crippen LogP contribution in [0.2, 0.25) is 0 Å². The molecule has 5 nitrogen and oxygen atoms in total. The first kappa shape index (κ1) is 11.2. The highest BCUT2D eigenvalue weighted by atomic mass is 32.1. The molecule has 1 atom stereocenters. The second-order valence-electron chi connectivity index (χ2n) is 3.53. The molecular weight excluding hydrogens is 222 g/mol. The van der Waals surface area contributed by atoms with Gasteiger partial charge in [-0.2, -0.15) is 13.8 Å². The Kier molecular flexibility index (Phi) is 3.63. The zero-order chi connectivity index (χ0) is 11.4. The Labute approximate surface area is 98.8 Å². The van der Waals surface area contributed by atoms with E-state index < -0.39 is 0 Å². The van der Waals surface area contributed by atoms with Crippen molar-refractivity contribution in [3.8, 4) is 0 Å². The van der Waals surface area contributed by atoms with E-state index in [0.717, 1.165) is 24.4 Å². The van der Waals surface area contributed by atoms with Gasteiger partial charge in [0.2, 0.25) is 0 Å². The van der Waals surface area contributed by atoms with Crippen molar-refractivity contribution in [2.45, 2.75) is 25.9 Å². The maximum atomic E-state index is 4.32. The smallest absolute Gasteiger partial charge is 0.0973 e. The zero-order valence-corrected chi connectivity index (χ0v) is 10.2. The highest BCUT2D eigenvalue weighted by Crippen LogP contribution is 2.19. The van der Waals surface area contributed by atoms with Crippen LogP contribution in [0.25, 0.3) is 0 Å². The van der Waals surface area contributed by atoms with Crippen molar-refractivity contribution in [3.63, 3.8) is 0 Å². The van der Waals surface area contributed by atoms with E-state index in [1.165, 1.54) is 11.7 Å². The molecule has 2 aromatic rings. The largest absolute Gasteiger partial charge is 0.307 e. The molecule has 0 saturated carbocycles. The lowest BCUT2D eigenvalue weighted by Gasteiger charge is -2.15. The summed E-state index contributed by atoms with van der Waals surface area (Å²) in [4.78, 5) is 0. The first-order valence-corrected chi connectivity index (χ1v) is 6.06. The SMILES string of the molecule is CCCn1nccc1C(NC)c1cnsn1. The van der Waals surface area contributed by atoms with Crippen LogP contribution in [0.3, 0.4) is 0 Å². The topological polar surface area (TPSA) is 55.6 Å². The van der Waals surface area contributed by atoms with E-state index in [1.807, 2.05) is 24.0 Å². The molecule has 0 aliphatic carbocycles. The summed E-state index contributed by atoms with van der Waals surface area (Å²) in [5.41, 5.74) is 2.09. The number of hydrogen-bond acceptors (Lipinski definition) is 5. The number of nitrogens with zero attached hydrogens (tertiary/aromatic N) is 4. The number of aromatic nitrogens is 4. The van der Waals surface area contributed by atoms with Gasteiger partial charge in [0.25, 0.3) is 0 Å². The highest BCUT2D eigenvalue weighted by molar-refractivity contribution is 6.99. The predicted octanol–water partition coefficient (Wildman–Crippen LogP) is 1.45. The van der Waals surface area contributed by atoms with Gasteiger partial charge in [0.1, 0.15) is 0 Å². The molecule has 0 fully saturated rings. The van der Waals surface area contributed by atoms with Gasteiger partial charge in [-0.25, -0.2) is 0 Å². The van der Waals surface area contributed by atoms with Crippen LogP contribution in [-0.2, 0) is 6.54 Å². The monoisotopic (exact) mass is 237 g/mol. The molecular formula is C10H15N5S. The fourth-order valence-corrected chi connectivity index (χ4v) is 2.18. The van der Waals surface area contributed by atoms with E-state index >= 15 is 0 Å².